The van der Waals surface area contributed by atoms with Crippen molar-refractivity contribution in [1.29, 1.82) is 0 Å². The average molecular weight is 603 g/mol. The number of likely N-dealkylation sites (N-methyl/N-ethyl adjacent to an activating group) is 1. The first-order valence-corrected chi connectivity index (χ1v) is 15.5. The highest BCUT2D eigenvalue weighted by atomic mass is 32.1. The summed E-state index contributed by atoms with van der Waals surface area (Å²) in [4.78, 5) is 37.3. The largest absolute Gasteiger partial charge is 0.369 e. The van der Waals surface area contributed by atoms with Gasteiger partial charge in [0.2, 0.25) is 0 Å². The number of hydrogen-bond acceptors (Lipinski definition) is 7. The molecule has 2 aromatic carbocycles. The maximum atomic E-state index is 15.1. The van der Waals surface area contributed by atoms with Crippen LogP contribution in [-0.2, 0) is 13.5 Å². The molecule has 0 spiro atoms. The van der Waals surface area contributed by atoms with E-state index in [0.717, 1.165) is 54.4 Å². The number of nitrogens with zero attached hydrogens (tertiary/aromatic N) is 4. The third kappa shape index (κ3) is 6.50. The molecule has 1 fully saturated rings. The molecule has 4 aromatic rings. The van der Waals surface area contributed by atoms with E-state index in [2.05, 4.69) is 53.2 Å². The van der Waals surface area contributed by atoms with Gasteiger partial charge in [-0.1, -0.05) is 20.8 Å². The molecule has 0 unspecified atom stereocenters. The molecule has 0 saturated carbocycles. The molecule has 0 atom stereocenters. The van der Waals surface area contributed by atoms with Crippen LogP contribution in [0.3, 0.4) is 0 Å². The molecule has 1 aliphatic rings. The van der Waals surface area contributed by atoms with Crippen LogP contribution in [0.5, 0.6) is 0 Å². The van der Waals surface area contributed by atoms with Crippen LogP contribution in [0.2, 0.25) is 0 Å². The number of halogens is 1. The van der Waals surface area contributed by atoms with Crippen molar-refractivity contribution < 1.29 is 9.18 Å². The van der Waals surface area contributed by atoms with Crippen LogP contribution >= 0.6 is 11.3 Å². The third-order valence-corrected chi connectivity index (χ3v) is 9.30. The first-order chi connectivity index (χ1) is 20.5. The smallest absolute Gasteiger partial charge is 0.293 e. The van der Waals surface area contributed by atoms with Crippen molar-refractivity contribution in [3.05, 3.63) is 85.7 Å². The highest BCUT2D eigenvalue weighted by Gasteiger charge is 2.21. The zero-order valence-corrected chi connectivity index (χ0v) is 26.4. The summed E-state index contributed by atoms with van der Waals surface area (Å²) in [5.41, 5.74) is 4.47. The van der Waals surface area contributed by atoms with Crippen molar-refractivity contribution in [2.45, 2.75) is 40.0 Å². The Labute approximate surface area is 256 Å². The van der Waals surface area contributed by atoms with Gasteiger partial charge in [-0.15, -0.1) is 11.3 Å². The predicted octanol–water partition coefficient (Wildman–Crippen LogP) is 6.39. The lowest BCUT2D eigenvalue weighted by Crippen LogP contribution is -2.44. The fourth-order valence-electron chi connectivity index (χ4n) is 5.38. The average Bonchev–Trinajstić information content (AvgIpc) is 3.44. The normalized spacial score (nSPS) is 13.9. The standard InChI is InChI=1S/C33H39FN6O2S/c1-7-28-25(20(2)3)18-29(43-28)32(41)37-30-21(4)24(12-13-26(30)34)27-19-39(6)33(42)31(36-27)35-22-8-10-23(11-9-22)40-16-14-38(5)15-17-40/h8-13,18-20H,7,14-17H2,1-6H3,(H,35,36)(H,37,41). The van der Waals surface area contributed by atoms with E-state index in [1.807, 2.05) is 30.3 Å². The number of nitrogens with one attached hydrogen (secondary N) is 2. The van der Waals surface area contributed by atoms with E-state index >= 15 is 4.39 Å². The van der Waals surface area contributed by atoms with Crippen molar-refractivity contribution >= 4 is 40.1 Å². The number of amides is 1. The van der Waals surface area contributed by atoms with Gasteiger partial charge in [-0.2, -0.15) is 0 Å². The topological polar surface area (TPSA) is 82.5 Å². The van der Waals surface area contributed by atoms with Gasteiger partial charge in [-0.3, -0.25) is 9.59 Å². The Kier molecular flexibility index (Phi) is 8.98. The summed E-state index contributed by atoms with van der Waals surface area (Å²) in [5, 5.41) is 5.97. The van der Waals surface area contributed by atoms with E-state index in [4.69, 9.17) is 0 Å². The Morgan fingerprint density at radius 3 is 2.40 bits per heavy atom. The molecule has 1 amide bonds. The number of thiophene rings is 1. The minimum atomic E-state index is -0.533. The summed E-state index contributed by atoms with van der Waals surface area (Å²) in [7, 11) is 3.79. The highest BCUT2D eigenvalue weighted by Crippen LogP contribution is 2.33. The van der Waals surface area contributed by atoms with Gasteiger partial charge >= 0.3 is 0 Å². The van der Waals surface area contributed by atoms with Crippen LogP contribution in [0.1, 0.15) is 52.4 Å². The summed E-state index contributed by atoms with van der Waals surface area (Å²) in [6, 6.07) is 12.8. The Balaban J connectivity index is 1.40. The number of rotatable bonds is 8. The minimum Gasteiger partial charge on any atom is -0.369 e. The van der Waals surface area contributed by atoms with E-state index < -0.39 is 5.82 Å². The van der Waals surface area contributed by atoms with Crippen molar-refractivity contribution in [3.63, 3.8) is 0 Å². The first kappa shape index (κ1) is 30.4. The molecule has 1 aliphatic heterocycles. The molecule has 1 saturated heterocycles. The second kappa shape index (κ2) is 12.7. The number of hydrogen-bond donors (Lipinski definition) is 2. The molecule has 0 radical (unpaired) electrons. The van der Waals surface area contributed by atoms with Gasteiger partial charge in [-0.25, -0.2) is 9.37 Å². The Bertz CT molecular complexity index is 1690. The zero-order chi connectivity index (χ0) is 30.8. The summed E-state index contributed by atoms with van der Waals surface area (Å²) in [5.74, 6) is -0.423. The minimum absolute atomic E-state index is 0.102. The molecule has 10 heteroatoms. The monoisotopic (exact) mass is 602 g/mol. The molecule has 8 nitrogen and oxygen atoms in total. The molecule has 0 aliphatic carbocycles. The number of benzene rings is 2. The van der Waals surface area contributed by atoms with Crippen molar-refractivity contribution in [2.75, 3.05) is 48.8 Å². The number of carbonyl (C=O) groups is 1. The Morgan fingerprint density at radius 1 is 1.07 bits per heavy atom. The summed E-state index contributed by atoms with van der Waals surface area (Å²) in [6.07, 6.45) is 2.46. The van der Waals surface area contributed by atoms with Gasteiger partial charge in [0, 0.05) is 61.2 Å². The van der Waals surface area contributed by atoms with Crippen LogP contribution in [0.15, 0.2) is 53.5 Å². The first-order valence-electron chi connectivity index (χ1n) is 14.7. The van der Waals surface area contributed by atoms with Crippen LogP contribution in [0.25, 0.3) is 11.3 Å². The molecule has 2 N–H and O–H groups in total. The number of aryl methyl sites for hydroxylation is 2. The number of piperazine rings is 1. The van der Waals surface area contributed by atoms with Crippen molar-refractivity contribution in [1.82, 2.24) is 14.5 Å². The lowest BCUT2D eigenvalue weighted by Gasteiger charge is -2.34. The molecule has 0 bridgehead atoms. The maximum Gasteiger partial charge on any atom is 0.293 e. The summed E-state index contributed by atoms with van der Waals surface area (Å²) in [6.45, 7) is 12.0. The third-order valence-electron chi connectivity index (χ3n) is 8.01. The van der Waals surface area contributed by atoms with Gasteiger partial charge < -0.3 is 25.0 Å². The molecule has 2 aromatic heterocycles. The lowest BCUT2D eigenvalue weighted by atomic mass is 10.0. The van der Waals surface area contributed by atoms with Crippen LogP contribution in [0.4, 0.5) is 27.3 Å². The fraction of sp³-hybridized carbons (Fsp3) is 0.364. The van der Waals surface area contributed by atoms with Crippen LogP contribution in [0, 0.1) is 12.7 Å². The number of anilines is 4. The maximum absolute atomic E-state index is 15.1. The SMILES string of the molecule is CCc1sc(C(=O)Nc2c(F)ccc(-c3cn(C)c(=O)c(Nc4ccc(N5CCN(C)CC5)cc4)n3)c2C)cc1C(C)C. The van der Waals surface area contributed by atoms with Gasteiger partial charge in [0.15, 0.2) is 5.82 Å². The van der Waals surface area contributed by atoms with E-state index in [9.17, 15) is 9.59 Å². The van der Waals surface area contributed by atoms with E-state index in [1.54, 1.807) is 26.2 Å². The quantitative estimate of drug-likeness (QED) is 0.243. The van der Waals surface area contributed by atoms with Crippen molar-refractivity contribution in [3.8, 4) is 11.3 Å². The van der Waals surface area contributed by atoms with Gasteiger partial charge in [0.05, 0.1) is 16.3 Å². The van der Waals surface area contributed by atoms with Crippen LogP contribution < -0.4 is 21.1 Å². The van der Waals surface area contributed by atoms with Crippen LogP contribution in [-0.4, -0.2) is 53.6 Å². The highest BCUT2D eigenvalue weighted by molar-refractivity contribution is 7.14. The Hall–Kier alpha value is -4.02. The molecule has 5 rings (SSSR count). The Morgan fingerprint density at radius 2 is 1.77 bits per heavy atom. The summed E-state index contributed by atoms with van der Waals surface area (Å²) >= 11 is 1.45. The molecule has 3 heterocycles. The number of aromatic nitrogens is 2. The molecule has 226 valence electrons. The van der Waals surface area contributed by atoms with Gasteiger partial charge in [0.25, 0.3) is 11.5 Å². The summed E-state index contributed by atoms with van der Waals surface area (Å²) < 4.78 is 16.5. The van der Waals surface area contributed by atoms with Gasteiger partial charge in [-0.05, 0) is 79.9 Å². The van der Waals surface area contributed by atoms with E-state index in [-0.39, 0.29) is 23.0 Å². The zero-order valence-electron chi connectivity index (χ0n) is 25.6. The van der Waals surface area contributed by atoms with E-state index in [0.29, 0.717) is 27.6 Å². The lowest BCUT2D eigenvalue weighted by molar-refractivity contribution is 0.103. The predicted molar refractivity (Wildman–Crippen MR) is 175 cm³/mol. The fourth-order valence-corrected chi connectivity index (χ4v) is 6.53. The molecular weight excluding hydrogens is 563 g/mol. The molecular formula is C33H39FN6O2S. The molecule has 43 heavy (non-hydrogen) atoms. The van der Waals surface area contributed by atoms with Gasteiger partial charge in [0.1, 0.15) is 5.82 Å². The second-order valence-corrected chi connectivity index (χ2v) is 12.5. The van der Waals surface area contributed by atoms with Crippen molar-refractivity contribution in [2.24, 2.45) is 7.05 Å². The number of carbonyl (C=O) groups excluding carboxylic acids is 1. The second-order valence-electron chi connectivity index (χ2n) is 11.4. The van der Waals surface area contributed by atoms with E-state index in [1.165, 1.54) is 22.0 Å².